The quantitative estimate of drug-likeness (QED) is 0.641. The zero-order valence-corrected chi connectivity index (χ0v) is 10.9. The number of nitrogens with one attached hydrogen (secondary N) is 2. The van der Waals surface area contributed by atoms with E-state index in [4.69, 9.17) is 0 Å². The maximum Gasteiger partial charge on any atom is 0.328 e. The summed E-state index contributed by atoms with van der Waals surface area (Å²) in [5.74, 6) is -1.41. The van der Waals surface area contributed by atoms with E-state index < -0.39 is 17.8 Å². The molecule has 2 N–H and O–H groups in total. The van der Waals surface area contributed by atoms with Crippen molar-refractivity contribution in [2.45, 2.75) is 0 Å². The third-order valence-corrected chi connectivity index (χ3v) is 3.05. The number of carbonyl (C=O) groups is 3. The Morgan fingerprint density at radius 1 is 0.857 bits per heavy atom. The van der Waals surface area contributed by atoms with Crippen molar-refractivity contribution in [2.24, 2.45) is 0 Å². The molecule has 0 unspecified atom stereocenters. The van der Waals surface area contributed by atoms with Gasteiger partial charge in [0.05, 0.1) is 0 Å². The maximum absolute atomic E-state index is 11.7. The van der Waals surface area contributed by atoms with Gasteiger partial charge in [0.25, 0.3) is 11.8 Å². The zero-order valence-electron chi connectivity index (χ0n) is 10.9. The van der Waals surface area contributed by atoms with Gasteiger partial charge in [0, 0.05) is 17.6 Å². The van der Waals surface area contributed by atoms with Gasteiger partial charge in [-0.3, -0.25) is 20.2 Å². The molecule has 6 heteroatoms. The predicted molar refractivity (Wildman–Crippen MR) is 75.4 cm³/mol. The van der Waals surface area contributed by atoms with Crippen LogP contribution < -0.4 is 10.6 Å². The van der Waals surface area contributed by atoms with Crippen molar-refractivity contribution >= 4 is 23.9 Å². The summed E-state index contributed by atoms with van der Waals surface area (Å²) in [6.45, 7) is 0. The number of aromatic nitrogens is 1. The predicted octanol–water partition coefficient (Wildman–Crippen LogP) is 1.23. The first-order valence-corrected chi connectivity index (χ1v) is 6.26. The van der Waals surface area contributed by atoms with E-state index in [1.165, 1.54) is 6.08 Å². The molecule has 2 aromatic rings. The normalized spacial score (nSPS) is 14.7. The van der Waals surface area contributed by atoms with Crippen molar-refractivity contribution < 1.29 is 14.4 Å². The molecule has 1 aromatic carbocycles. The van der Waals surface area contributed by atoms with Crippen LogP contribution in [0.25, 0.3) is 11.8 Å². The fourth-order valence-corrected chi connectivity index (χ4v) is 2.09. The topological polar surface area (TPSA) is 80.2 Å². The molecule has 21 heavy (non-hydrogen) atoms. The largest absolute Gasteiger partial charge is 0.328 e. The summed E-state index contributed by atoms with van der Waals surface area (Å²) in [7, 11) is 0. The van der Waals surface area contributed by atoms with Gasteiger partial charge in [-0.05, 0) is 30.3 Å². The van der Waals surface area contributed by atoms with Crippen LogP contribution in [0, 0.1) is 0 Å². The zero-order chi connectivity index (χ0) is 14.8. The average Bonchev–Trinajstić information content (AvgIpc) is 2.92. The molecule has 104 valence electrons. The first kappa shape index (κ1) is 12.9. The SMILES string of the molecule is O=C1NC(=O)C(=Cc2cccn2-c2ccccc2)C(=O)N1. The number of hydrogen-bond donors (Lipinski definition) is 2. The van der Waals surface area contributed by atoms with E-state index in [0.717, 1.165) is 5.69 Å². The van der Waals surface area contributed by atoms with Crippen LogP contribution in [0.15, 0.2) is 54.2 Å². The van der Waals surface area contributed by atoms with Gasteiger partial charge in [-0.1, -0.05) is 18.2 Å². The second kappa shape index (κ2) is 5.09. The van der Waals surface area contributed by atoms with Crippen molar-refractivity contribution in [3.63, 3.8) is 0 Å². The number of benzene rings is 1. The molecule has 0 atom stereocenters. The van der Waals surface area contributed by atoms with Gasteiger partial charge >= 0.3 is 6.03 Å². The second-order valence-corrected chi connectivity index (χ2v) is 4.43. The lowest BCUT2D eigenvalue weighted by Crippen LogP contribution is -2.51. The van der Waals surface area contributed by atoms with Crippen LogP contribution in [0.5, 0.6) is 0 Å². The molecule has 0 spiro atoms. The summed E-state index contributed by atoms with van der Waals surface area (Å²) in [6, 6.07) is 12.3. The lowest BCUT2D eigenvalue weighted by atomic mass is 10.1. The first-order chi connectivity index (χ1) is 10.1. The summed E-state index contributed by atoms with van der Waals surface area (Å²) in [4.78, 5) is 34.5. The van der Waals surface area contributed by atoms with Crippen LogP contribution >= 0.6 is 0 Å². The third-order valence-electron chi connectivity index (χ3n) is 3.05. The lowest BCUT2D eigenvalue weighted by molar-refractivity contribution is -0.123. The Labute approximate surface area is 120 Å². The number of nitrogens with zero attached hydrogens (tertiary/aromatic N) is 1. The summed E-state index contributed by atoms with van der Waals surface area (Å²) >= 11 is 0. The molecule has 0 saturated carbocycles. The number of imide groups is 2. The summed E-state index contributed by atoms with van der Waals surface area (Å²) in [6.07, 6.45) is 3.27. The van der Waals surface area contributed by atoms with E-state index in [-0.39, 0.29) is 5.57 Å². The summed E-state index contributed by atoms with van der Waals surface area (Å²) in [5, 5.41) is 4.09. The minimum atomic E-state index is -0.805. The van der Waals surface area contributed by atoms with E-state index >= 15 is 0 Å². The molecule has 1 fully saturated rings. The molecule has 1 aromatic heterocycles. The minimum absolute atomic E-state index is 0.106. The number of urea groups is 1. The van der Waals surface area contributed by atoms with Crippen LogP contribution in [-0.4, -0.2) is 22.4 Å². The fourth-order valence-electron chi connectivity index (χ4n) is 2.09. The number of hydrogen-bond acceptors (Lipinski definition) is 3. The van der Waals surface area contributed by atoms with Crippen LogP contribution in [-0.2, 0) is 9.59 Å². The molecule has 1 saturated heterocycles. The molecule has 0 aliphatic carbocycles. The summed E-state index contributed by atoms with van der Waals surface area (Å²) in [5.41, 5.74) is 1.46. The van der Waals surface area contributed by atoms with Gasteiger partial charge in [-0.25, -0.2) is 4.79 Å². The molecule has 3 rings (SSSR count). The van der Waals surface area contributed by atoms with E-state index in [1.807, 2.05) is 57.8 Å². The number of barbiturate groups is 1. The molecule has 1 aliphatic heterocycles. The number of carbonyl (C=O) groups excluding carboxylic acids is 3. The van der Waals surface area contributed by atoms with Gasteiger partial charge in [-0.2, -0.15) is 0 Å². The smallest absolute Gasteiger partial charge is 0.317 e. The minimum Gasteiger partial charge on any atom is -0.317 e. The van der Waals surface area contributed by atoms with E-state index in [9.17, 15) is 14.4 Å². The van der Waals surface area contributed by atoms with Gasteiger partial charge < -0.3 is 4.57 Å². The van der Waals surface area contributed by atoms with Gasteiger partial charge in [0.1, 0.15) is 5.57 Å². The fraction of sp³-hybridized carbons (Fsp3) is 0. The molecular formula is C15H11N3O3. The monoisotopic (exact) mass is 281 g/mol. The van der Waals surface area contributed by atoms with Crippen LogP contribution in [0.1, 0.15) is 5.69 Å². The van der Waals surface area contributed by atoms with Gasteiger partial charge in [0.2, 0.25) is 0 Å². The van der Waals surface area contributed by atoms with E-state index in [1.54, 1.807) is 6.07 Å². The average molecular weight is 281 g/mol. The van der Waals surface area contributed by atoms with Gasteiger partial charge in [-0.15, -0.1) is 0 Å². The van der Waals surface area contributed by atoms with Crippen LogP contribution in [0.2, 0.25) is 0 Å². The molecule has 0 radical (unpaired) electrons. The Kier molecular flexibility index (Phi) is 3.12. The maximum atomic E-state index is 11.7. The Morgan fingerprint density at radius 3 is 2.19 bits per heavy atom. The second-order valence-electron chi connectivity index (χ2n) is 4.43. The Hall–Kier alpha value is -3.15. The molecule has 0 bridgehead atoms. The molecular weight excluding hydrogens is 270 g/mol. The highest BCUT2D eigenvalue weighted by molar-refractivity contribution is 6.31. The molecule has 4 amide bonds. The lowest BCUT2D eigenvalue weighted by Gasteiger charge is -2.14. The standard InChI is InChI=1S/C15H11N3O3/c19-13-12(14(20)17-15(21)16-13)9-11-7-4-8-18(11)10-5-2-1-3-6-10/h1-9H,(H2,16,17,19,20,21). The van der Waals surface area contributed by atoms with E-state index in [2.05, 4.69) is 0 Å². The van der Waals surface area contributed by atoms with Crippen molar-refractivity contribution in [1.29, 1.82) is 0 Å². The highest BCUT2D eigenvalue weighted by Gasteiger charge is 2.27. The highest BCUT2D eigenvalue weighted by atomic mass is 16.2. The number of para-hydroxylation sites is 1. The van der Waals surface area contributed by atoms with Crippen molar-refractivity contribution in [1.82, 2.24) is 15.2 Å². The Morgan fingerprint density at radius 2 is 1.52 bits per heavy atom. The first-order valence-electron chi connectivity index (χ1n) is 6.26. The van der Waals surface area contributed by atoms with Gasteiger partial charge in [0.15, 0.2) is 0 Å². The summed E-state index contributed by atoms with van der Waals surface area (Å²) < 4.78 is 1.84. The Bertz CT molecular complexity index is 737. The van der Waals surface area contributed by atoms with Crippen molar-refractivity contribution in [3.8, 4) is 5.69 Å². The number of rotatable bonds is 2. The third kappa shape index (κ3) is 2.46. The molecule has 2 heterocycles. The Balaban J connectivity index is 2.01. The number of amides is 4. The van der Waals surface area contributed by atoms with Crippen molar-refractivity contribution in [2.75, 3.05) is 0 Å². The van der Waals surface area contributed by atoms with Crippen LogP contribution in [0.3, 0.4) is 0 Å². The van der Waals surface area contributed by atoms with Crippen molar-refractivity contribution in [3.05, 3.63) is 59.9 Å². The van der Waals surface area contributed by atoms with Crippen LogP contribution in [0.4, 0.5) is 4.79 Å². The molecule has 1 aliphatic rings. The van der Waals surface area contributed by atoms with E-state index in [0.29, 0.717) is 5.69 Å². The molecule has 6 nitrogen and oxygen atoms in total. The highest BCUT2D eigenvalue weighted by Crippen LogP contribution is 2.16.